The number of hydrogen-bond donors (Lipinski definition) is 4. The van der Waals surface area contributed by atoms with Gasteiger partial charge >= 0.3 is 0 Å². The van der Waals surface area contributed by atoms with Crippen LogP contribution in [0.2, 0.25) is 0 Å². The van der Waals surface area contributed by atoms with Crippen LogP contribution in [-0.4, -0.2) is 28.6 Å². The molecule has 0 aromatic heterocycles. The molecular formula is C17H18N2O4. The minimum absolute atomic E-state index is 0.0990. The Morgan fingerprint density at radius 3 is 2.39 bits per heavy atom. The van der Waals surface area contributed by atoms with Crippen molar-refractivity contribution in [2.24, 2.45) is 0 Å². The first-order chi connectivity index (χ1) is 11.0. The number of aromatic hydroxyl groups is 2. The van der Waals surface area contributed by atoms with Gasteiger partial charge in [-0.05, 0) is 42.3 Å². The van der Waals surface area contributed by atoms with Crippen molar-refractivity contribution in [2.45, 2.75) is 13.3 Å². The van der Waals surface area contributed by atoms with E-state index in [1.807, 2.05) is 0 Å². The number of phenolic OH excluding ortho intramolecular Hbond substituents is 2. The Morgan fingerprint density at radius 1 is 1.04 bits per heavy atom. The molecule has 0 spiro atoms. The topological polar surface area (TPSA) is 98.7 Å². The highest BCUT2D eigenvalue weighted by Crippen LogP contribution is 2.21. The van der Waals surface area contributed by atoms with Crippen molar-refractivity contribution in [1.29, 1.82) is 0 Å². The molecule has 0 unspecified atom stereocenters. The largest absolute Gasteiger partial charge is 0.508 e. The third-order valence-electron chi connectivity index (χ3n) is 3.20. The molecule has 0 fully saturated rings. The van der Waals surface area contributed by atoms with E-state index in [-0.39, 0.29) is 23.0 Å². The zero-order valence-electron chi connectivity index (χ0n) is 12.7. The fourth-order valence-electron chi connectivity index (χ4n) is 2.08. The predicted octanol–water partition coefficient (Wildman–Crippen LogP) is 2.03. The van der Waals surface area contributed by atoms with Crippen molar-refractivity contribution in [3.05, 3.63) is 53.6 Å². The Bertz CT molecular complexity index is 711. The Hall–Kier alpha value is -3.02. The fourth-order valence-corrected chi connectivity index (χ4v) is 2.08. The lowest BCUT2D eigenvalue weighted by Crippen LogP contribution is -2.26. The number of nitrogens with one attached hydrogen (secondary N) is 2. The van der Waals surface area contributed by atoms with E-state index in [1.165, 1.54) is 25.1 Å². The summed E-state index contributed by atoms with van der Waals surface area (Å²) in [5.41, 5.74) is 1.51. The van der Waals surface area contributed by atoms with Crippen LogP contribution in [-0.2, 0) is 11.2 Å². The zero-order chi connectivity index (χ0) is 16.8. The van der Waals surface area contributed by atoms with E-state index in [9.17, 15) is 19.8 Å². The summed E-state index contributed by atoms with van der Waals surface area (Å²) in [7, 11) is 0. The van der Waals surface area contributed by atoms with Gasteiger partial charge in [0.05, 0.1) is 5.56 Å². The van der Waals surface area contributed by atoms with E-state index < -0.39 is 5.91 Å². The molecule has 0 saturated carbocycles. The number of amides is 2. The summed E-state index contributed by atoms with van der Waals surface area (Å²) in [5.74, 6) is -0.637. The van der Waals surface area contributed by atoms with Gasteiger partial charge < -0.3 is 20.8 Å². The number of phenols is 2. The average Bonchev–Trinajstić information content (AvgIpc) is 2.50. The maximum atomic E-state index is 12.1. The monoisotopic (exact) mass is 314 g/mol. The lowest BCUT2D eigenvalue weighted by Gasteiger charge is -2.09. The van der Waals surface area contributed by atoms with Crippen LogP contribution in [0.5, 0.6) is 11.5 Å². The van der Waals surface area contributed by atoms with Crippen LogP contribution in [0, 0.1) is 0 Å². The Kier molecular flexibility index (Phi) is 5.19. The number of hydrogen-bond acceptors (Lipinski definition) is 4. The summed E-state index contributed by atoms with van der Waals surface area (Å²) in [6.07, 6.45) is 0.595. The van der Waals surface area contributed by atoms with Crippen LogP contribution >= 0.6 is 0 Å². The first-order valence-corrected chi connectivity index (χ1v) is 7.12. The summed E-state index contributed by atoms with van der Waals surface area (Å²) in [4.78, 5) is 23.2. The fraction of sp³-hybridized carbons (Fsp3) is 0.176. The van der Waals surface area contributed by atoms with Gasteiger partial charge in [-0.3, -0.25) is 9.59 Å². The standard InChI is InChI=1S/C17H18N2O4/c1-11(20)19-13-4-7-16(22)15(10-13)17(23)18-9-8-12-2-5-14(21)6-3-12/h2-7,10,21-22H,8-9H2,1H3,(H,18,23)(H,19,20). The second-order valence-corrected chi connectivity index (χ2v) is 5.09. The molecule has 2 aromatic carbocycles. The SMILES string of the molecule is CC(=O)Nc1ccc(O)c(C(=O)NCCc2ccc(O)cc2)c1. The van der Waals surface area contributed by atoms with E-state index in [2.05, 4.69) is 10.6 Å². The molecule has 23 heavy (non-hydrogen) atoms. The Labute approximate surface area is 133 Å². The van der Waals surface area contributed by atoms with Crippen LogP contribution in [0.1, 0.15) is 22.8 Å². The molecule has 0 aliphatic rings. The number of carbonyl (C=O) groups excluding carboxylic acids is 2. The van der Waals surface area contributed by atoms with Gasteiger partial charge in [-0.15, -0.1) is 0 Å². The molecule has 0 saturated heterocycles. The first kappa shape index (κ1) is 16.4. The third kappa shape index (κ3) is 4.74. The molecule has 6 nitrogen and oxygen atoms in total. The summed E-state index contributed by atoms with van der Waals surface area (Å²) >= 11 is 0. The van der Waals surface area contributed by atoms with Crippen LogP contribution in [0.4, 0.5) is 5.69 Å². The summed E-state index contributed by atoms with van der Waals surface area (Å²) in [5, 5.41) is 24.3. The zero-order valence-corrected chi connectivity index (χ0v) is 12.7. The molecule has 2 amide bonds. The summed E-state index contributed by atoms with van der Waals surface area (Å²) in [6, 6.07) is 11.0. The second kappa shape index (κ2) is 7.31. The number of carbonyl (C=O) groups is 2. The Balaban J connectivity index is 1.97. The minimum Gasteiger partial charge on any atom is -0.508 e. The lowest BCUT2D eigenvalue weighted by molar-refractivity contribution is -0.114. The highest BCUT2D eigenvalue weighted by molar-refractivity contribution is 5.99. The highest BCUT2D eigenvalue weighted by Gasteiger charge is 2.12. The van der Waals surface area contributed by atoms with Crippen molar-refractivity contribution in [3.8, 4) is 11.5 Å². The molecule has 0 bridgehead atoms. The van der Waals surface area contributed by atoms with Crippen molar-refractivity contribution in [2.75, 3.05) is 11.9 Å². The van der Waals surface area contributed by atoms with Crippen LogP contribution < -0.4 is 10.6 Å². The number of anilines is 1. The normalized spacial score (nSPS) is 10.1. The van der Waals surface area contributed by atoms with Crippen molar-refractivity contribution in [3.63, 3.8) is 0 Å². The molecule has 0 atom stereocenters. The highest BCUT2D eigenvalue weighted by atomic mass is 16.3. The first-order valence-electron chi connectivity index (χ1n) is 7.12. The maximum Gasteiger partial charge on any atom is 0.255 e. The van der Waals surface area contributed by atoms with Gasteiger partial charge in [0.2, 0.25) is 5.91 Å². The smallest absolute Gasteiger partial charge is 0.255 e. The summed E-state index contributed by atoms with van der Waals surface area (Å²) in [6.45, 7) is 1.75. The predicted molar refractivity (Wildman–Crippen MR) is 86.6 cm³/mol. The average molecular weight is 314 g/mol. The quantitative estimate of drug-likeness (QED) is 0.635. The third-order valence-corrected chi connectivity index (χ3v) is 3.20. The van der Waals surface area contributed by atoms with E-state index in [0.29, 0.717) is 18.7 Å². The van der Waals surface area contributed by atoms with E-state index >= 15 is 0 Å². The van der Waals surface area contributed by atoms with Crippen LogP contribution in [0.25, 0.3) is 0 Å². The molecule has 0 heterocycles. The van der Waals surface area contributed by atoms with Gasteiger partial charge in [0.15, 0.2) is 0 Å². The molecule has 0 aliphatic heterocycles. The van der Waals surface area contributed by atoms with E-state index in [0.717, 1.165) is 5.56 Å². The molecule has 6 heteroatoms. The second-order valence-electron chi connectivity index (χ2n) is 5.09. The van der Waals surface area contributed by atoms with E-state index in [1.54, 1.807) is 24.3 Å². The minimum atomic E-state index is -0.423. The van der Waals surface area contributed by atoms with Crippen LogP contribution in [0.15, 0.2) is 42.5 Å². The van der Waals surface area contributed by atoms with Crippen LogP contribution in [0.3, 0.4) is 0 Å². The van der Waals surface area contributed by atoms with Gasteiger partial charge in [-0.2, -0.15) is 0 Å². The molecular weight excluding hydrogens is 296 g/mol. The number of benzene rings is 2. The van der Waals surface area contributed by atoms with Gasteiger partial charge in [0.25, 0.3) is 5.91 Å². The maximum absolute atomic E-state index is 12.1. The molecule has 120 valence electrons. The number of rotatable bonds is 5. The summed E-state index contributed by atoms with van der Waals surface area (Å²) < 4.78 is 0. The molecule has 2 aromatic rings. The van der Waals surface area contributed by atoms with Crippen molar-refractivity contribution >= 4 is 17.5 Å². The molecule has 0 radical (unpaired) electrons. The molecule has 4 N–H and O–H groups in total. The van der Waals surface area contributed by atoms with Gasteiger partial charge in [-0.25, -0.2) is 0 Å². The van der Waals surface area contributed by atoms with Crippen molar-refractivity contribution < 1.29 is 19.8 Å². The van der Waals surface area contributed by atoms with Gasteiger partial charge in [0, 0.05) is 19.2 Å². The van der Waals surface area contributed by atoms with Crippen molar-refractivity contribution in [1.82, 2.24) is 5.32 Å². The van der Waals surface area contributed by atoms with Gasteiger partial charge in [0.1, 0.15) is 11.5 Å². The Morgan fingerprint density at radius 2 is 1.74 bits per heavy atom. The molecule has 0 aliphatic carbocycles. The van der Waals surface area contributed by atoms with E-state index in [4.69, 9.17) is 0 Å². The lowest BCUT2D eigenvalue weighted by atomic mass is 10.1. The van der Waals surface area contributed by atoms with Gasteiger partial charge in [-0.1, -0.05) is 12.1 Å². The molecule has 2 rings (SSSR count).